The average molecular weight is 222 g/mol. The number of benzene rings is 1. The van der Waals surface area contributed by atoms with Gasteiger partial charge in [0.25, 0.3) is 0 Å². The van der Waals surface area contributed by atoms with Crippen LogP contribution in [0.1, 0.15) is 24.5 Å². The van der Waals surface area contributed by atoms with Crippen LogP contribution in [-0.2, 0) is 6.54 Å². The Morgan fingerprint density at radius 1 is 1.33 bits per heavy atom. The van der Waals surface area contributed by atoms with E-state index in [-0.39, 0.29) is 0 Å². The van der Waals surface area contributed by atoms with Crippen LogP contribution in [0.2, 0.25) is 0 Å². The Kier molecular flexibility index (Phi) is 5.12. The number of thiocarbonyl (C=S) groups is 1. The molecule has 0 amide bonds. The van der Waals surface area contributed by atoms with Crippen molar-refractivity contribution in [3.8, 4) is 0 Å². The highest BCUT2D eigenvalue weighted by Crippen LogP contribution is 2.02. The second kappa shape index (κ2) is 6.40. The van der Waals surface area contributed by atoms with E-state index in [9.17, 15) is 0 Å². The van der Waals surface area contributed by atoms with Gasteiger partial charge >= 0.3 is 0 Å². The molecule has 0 bridgehead atoms. The van der Waals surface area contributed by atoms with Gasteiger partial charge in [0.15, 0.2) is 5.11 Å². The van der Waals surface area contributed by atoms with Crippen LogP contribution in [-0.4, -0.2) is 11.7 Å². The molecule has 0 aliphatic heterocycles. The van der Waals surface area contributed by atoms with E-state index in [0.717, 1.165) is 24.6 Å². The smallest absolute Gasteiger partial charge is 0.166 e. The number of nitrogens with one attached hydrogen (secondary N) is 2. The lowest BCUT2D eigenvalue weighted by molar-refractivity contribution is 0.799. The van der Waals surface area contributed by atoms with Gasteiger partial charge in [-0.2, -0.15) is 0 Å². The quantitative estimate of drug-likeness (QED) is 0.765. The van der Waals surface area contributed by atoms with Gasteiger partial charge in [0, 0.05) is 13.1 Å². The van der Waals surface area contributed by atoms with E-state index in [4.69, 9.17) is 12.2 Å². The minimum Gasteiger partial charge on any atom is -0.363 e. The molecule has 1 aromatic carbocycles. The molecule has 1 rings (SSSR count). The first-order valence-corrected chi connectivity index (χ1v) is 5.70. The van der Waals surface area contributed by atoms with E-state index in [0.29, 0.717) is 0 Å². The Hall–Kier alpha value is -1.09. The lowest BCUT2D eigenvalue weighted by atomic mass is 10.1. The molecule has 0 radical (unpaired) electrons. The molecule has 0 aliphatic rings. The minimum absolute atomic E-state index is 0.735. The Balaban J connectivity index is 2.33. The fraction of sp³-hybridized carbons (Fsp3) is 0.417. The SMILES string of the molecule is CCCNC(=S)NCc1cccc(C)c1. The Morgan fingerprint density at radius 2 is 2.13 bits per heavy atom. The monoisotopic (exact) mass is 222 g/mol. The van der Waals surface area contributed by atoms with Crippen molar-refractivity contribution < 1.29 is 0 Å². The summed E-state index contributed by atoms with van der Waals surface area (Å²) >= 11 is 5.13. The largest absolute Gasteiger partial charge is 0.363 e. The predicted molar refractivity (Wildman–Crippen MR) is 68.9 cm³/mol. The van der Waals surface area contributed by atoms with Crippen LogP contribution in [0.15, 0.2) is 24.3 Å². The van der Waals surface area contributed by atoms with Crippen LogP contribution in [0.25, 0.3) is 0 Å². The number of rotatable bonds is 4. The van der Waals surface area contributed by atoms with Crippen molar-refractivity contribution in [3.05, 3.63) is 35.4 Å². The van der Waals surface area contributed by atoms with Crippen LogP contribution < -0.4 is 10.6 Å². The zero-order valence-corrected chi connectivity index (χ0v) is 10.2. The van der Waals surface area contributed by atoms with Crippen molar-refractivity contribution >= 4 is 17.3 Å². The van der Waals surface area contributed by atoms with Crippen molar-refractivity contribution in [2.45, 2.75) is 26.8 Å². The summed E-state index contributed by atoms with van der Waals surface area (Å²) in [6, 6.07) is 8.42. The molecule has 3 heteroatoms. The standard InChI is InChI=1S/C12H18N2S/c1-3-7-13-12(15)14-9-11-6-4-5-10(2)8-11/h4-6,8H,3,7,9H2,1-2H3,(H2,13,14,15). The second-order valence-electron chi connectivity index (χ2n) is 3.60. The van der Waals surface area contributed by atoms with Gasteiger partial charge in [0.05, 0.1) is 0 Å². The van der Waals surface area contributed by atoms with E-state index in [2.05, 4.69) is 48.7 Å². The predicted octanol–water partition coefficient (Wildman–Crippen LogP) is 2.37. The molecule has 0 saturated heterocycles. The summed E-state index contributed by atoms with van der Waals surface area (Å²) < 4.78 is 0. The van der Waals surface area contributed by atoms with Gasteiger partial charge in [0.2, 0.25) is 0 Å². The summed E-state index contributed by atoms with van der Waals surface area (Å²) in [6.07, 6.45) is 1.09. The second-order valence-corrected chi connectivity index (χ2v) is 4.01. The van der Waals surface area contributed by atoms with Gasteiger partial charge in [-0.05, 0) is 31.1 Å². The molecule has 1 aromatic rings. The van der Waals surface area contributed by atoms with Crippen molar-refractivity contribution in [3.63, 3.8) is 0 Å². The molecule has 0 fully saturated rings. The molecule has 2 N–H and O–H groups in total. The van der Waals surface area contributed by atoms with Gasteiger partial charge in [-0.25, -0.2) is 0 Å². The van der Waals surface area contributed by atoms with E-state index in [1.165, 1.54) is 11.1 Å². The average Bonchev–Trinajstić information content (AvgIpc) is 2.23. The first-order valence-electron chi connectivity index (χ1n) is 5.29. The summed E-state index contributed by atoms with van der Waals surface area (Å²) in [5, 5.41) is 7.05. The fourth-order valence-corrected chi connectivity index (χ4v) is 1.48. The van der Waals surface area contributed by atoms with Crippen molar-refractivity contribution in [1.29, 1.82) is 0 Å². The van der Waals surface area contributed by atoms with Crippen LogP contribution in [0, 0.1) is 6.92 Å². The van der Waals surface area contributed by atoms with Gasteiger partial charge in [0.1, 0.15) is 0 Å². The van der Waals surface area contributed by atoms with Crippen molar-refractivity contribution in [2.75, 3.05) is 6.54 Å². The van der Waals surface area contributed by atoms with Crippen molar-refractivity contribution in [1.82, 2.24) is 10.6 Å². The fourth-order valence-electron chi connectivity index (χ4n) is 1.31. The number of hydrogen-bond donors (Lipinski definition) is 2. The molecule has 0 atom stereocenters. The van der Waals surface area contributed by atoms with E-state index >= 15 is 0 Å². The van der Waals surface area contributed by atoms with E-state index < -0.39 is 0 Å². The zero-order chi connectivity index (χ0) is 11.1. The normalized spacial score (nSPS) is 9.73. The molecule has 0 spiro atoms. The molecule has 0 heterocycles. The third kappa shape index (κ3) is 4.79. The summed E-state index contributed by atoms with van der Waals surface area (Å²) in [4.78, 5) is 0. The number of aryl methyl sites for hydroxylation is 1. The summed E-state index contributed by atoms with van der Waals surface area (Å²) in [5.41, 5.74) is 2.54. The van der Waals surface area contributed by atoms with E-state index in [1.807, 2.05) is 0 Å². The highest BCUT2D eigenvalue weighted by molar-refractivity contribution is 7.80. The first kappa shape index (κ1) is 12.0. The molecule has 0 aromatic heterocycles. The Morgan fingerprint density at radius 3 is 2.80 bits per heavy atom. The van der Waals surface area contributed by atoms with Crippen LogP contribution in [0.3, 0.4) is 0 Å². The van der Waals surface area contributed by atoms with Crippen LogP contribution in [0.5, 0.6) is 0 Å². The van der Waals surface area contributed by atoms with Crippen LogP contribution in [0.4, 0.5) is 0 Å². The highest BCUT2D eigenvalue weighted by Gasteiger charge is 1.95. The molecule has 15 heavy (non-hydrogen) atoms. The molecule has 82 valence electrons. The Bertz CT molecular complexity index is 323. The molecule has 0 unspecified atom stereocenters. The van der Waals surface area contributed by atoms with Crippen molar-refractivity contribution in [2.24, 2.45) is 0 Å². The van der Waals surface area contributed by atoms with Gasteiger partial charge < -0.3 is 10.6 Å². The van der Waals surface area contributed by atoms with Gasteiger partial charge in [-0.15, -0.1) is 0 Å². The number of hydrogen-bond acceptors (Lipinski definition) is 1. The topological polar surface area (TPSA) is 24.1 Å². The highest BCUT2D eigenvalue weighted by atomic mass is 32.1. The summed E-state index contributed by atoms with van der Waals surface area (Å²) in [7, 11) is 0. The molecular formula is C12H18N2S. The molecule has 2 nitrogen and oxygen atoms in total. The third-order valence-corrected chi connectivity index (χ3v) is 2.36. The Labute approximate surface area is 97.1 Å². The maximum atomic E-state index is 5.13. The first-order chi connectivity index (χ1) is 7.22. The zero-order valence-electron chi connectivity index (χ0n) is 9.34. The summed E-state index contributed by atoms with van der Waals surface area (Å²) in [6.45, 7) is 5.93. The minimum atomic E-state index is 0.735. The lowest BCUT2D eigenvalue weighted by Crippen LogP contribution is -2.35. The van der Waals surface area contributed by atoms with Gasteiger partial charge in [-0.1, -0.05) is 36.8 Å². The molecule has 0 saturated carbocycles. The van der Waals surface area contributed by atoms with Crippen LogP contribution >= 0.6 is 12.2 Å². The maximum Gasteiger partial charge on any atom is 0.166 e. The maximum absolute atomic E-state index is 5.13. The van der Waals surface area contributed by atoms with Gasteiger partial charge in [-0.3, -0.25) is 0 Å². The molecular weight excluding hydrogens is 204 g/mol. The third-order valence-electron chi connectivity index (χ3n) is 2.07. The molecule has 0 aliphatic carbocycles. The lowest BCUT2D eigenvalue weighted by Gasteiger charge is -2.09. The summed E-state index contributed by atoms with van der Waals surface area (Å²) in [5.74, 6) is 0. The van der Waals surface area contributed by atoms with E-state index in [1.54, 1.807) is 0 Å².